The summed E-state index contributed by atoms with van der Waals surface area (Å²) in [7, 11) is 0. The van der Waals surface area contributed by atoms with Crippen LogP contribution in [0.15, 0.2) is 47.6 Å². The first-order valence-electron chi connectivity index (χ1n) is 10.5. The first-order valence-corrected chi connectivity index (χ1v) is 10.8. The third-order valence-corrected chi connectivity index (χ3v) is 6.10. The van der Waals surface area contributed by atoms with E-state index in [1.165, 1.54) is 6.21 Å². The minimum Gasteiger partial charge on any atom is -0.340 e. The van der Waals surface area contributed by atoms with E-state index in [0.29, 0.717) is 22.8 Å². The highest BCUT2D eigenvalue weighted by atomic mass is 35.5. The normalized spacial score (nSPS) is 12.2. The smallest absolute Gasteiger partial charge is 0.340 e. The van der Waals surface area contributed by atoms with Crippen molar-refractivity contribution in [1.29, 1.82) is 0 Å². The van der Waals surface area contributed by atoms with Gasteiger partial charge in [-0.25, -0.2) is 17.6 Å². The van der Waals surface area contributed by atoms with Crippen LogP contribution in [0.4, 0.5) is 36.4 Å². The molecule has 0 aliphatic heterocycles. The third-order valence-electron chi connectivity index (χ3n) is 5.73. The van der Waals surface area contributed by atoms with Crippen molar-refractivity contribution in [3.05, 3.63) is 98.7 Å². The van der Waals surface area contributed by atoms with Crippen LogP contribution in [-0.4, -0.2) is 10.8 Å². The molecule has 11 heteroatoms. The lowest BCUT2D eigenvalue weighted by molar-refractivity contribution is -0.143. The molecule has 0 radical (unpaired) electrons. The van der Waals surface area contributed by atoms with E-state index in [0.717, 1.165) is 22.0 Å². The quantitative estimate of drug-likeness (QED) is 0.121. The predicted octanol–water partition coefficient (Wildman–Crippen LogP) is 7.98. The first-order chi connectivity index (χ1) is 16.9. The van der Waals surface area contributed by atoms with Crippen LogP contribution >= 0.6 is 11.6 Å². The van der Waals surface area contributed by atoms with Crippen LogP contribution in [0.2, 0.25) is 5.02 Å². The Kier molecular flexibility index (Phi) is 6.74. The highest BCUT2D eigenvalue weighted by Crippen LogP contribution is 2.38. The number of fused-ring (bicyclic) bond motifs is 1. The highest BCUT2D eigenvalue weighted by Gasteiger charge is 2.42. The lowest BCUT2D eigenvalue weighted by Crippen LogP contribution is -2.16. The number of nitrogens with zero attached hydrogens (tertiary/aromatic N) is 2. The molecule has 3 aromatic carbocycles. The fraction of sp³-hybridized carbons (Fsp3) is 0.160. The zero-order valence-corrected chi connectivity index (χ0v) is 19.5. The summed E-state index contributed by atoms with van der Waals surface area (Å²) in [4.78, 5) is 0. The van der Waals surface area contributed by atoms with Crippen molar-refractivity contribution in [2.75, 3.05) is 5.43 Å². The zero-order chi connectivity index (χ0) is 26.4. The summed E-state index contributed by atoms with van der Waals surface area (Å²) in [5.74, 6) is -9.62. The van der Waals surface area contributed by atoms with Gasteiger partial charge in [-0.2, -0.15) is 18.3 Å². The molecule has 0 unspecified atom stereocenters. The van der Waals surface area contributed by atoms with Gasteiger partial charge in [-0.3, -0.25) is 5.43 Å². The molecule has 0 fully saturated rings. The van der Waals surface area contributed by atoms with Gasteiger partial charge in [-0.1, -0.05) is 41.4 Å². The van der Waals surface area contributed by atoms with Crippen molar-refractivity contribution in [3.8, 4) is 0 Å². The van der Waals surface area contributed by atoms with E-state index in [2.05, 4.69) is 5.10 Å². The number of hydrogen-bond acceptors (Lipinski definition) is 2. The third kappa shape index (κ3) is 4.53. The minimum atomic E-state index is -5.63. The van der Waals surface area contributed by atoms with E-state index in [1.807, 2.05) is 41.8 Å². The topological polar surface area (TPSA) is 29.3 Å². The van der Waals surface area contributed by atoms with Crippen LogP contribution in [0, 0.1) is 37.1 Å². The molecule has 4 aromatic rings. The molecule has 0 aliphatic rings. The lowest BCUT2D eigenvalue weighted by Gasteiger charge is -2.13. The van der Waals surface area contributed by atoms with E-state index in [-0.39, 0.29) is 0 Å². The summed E-state index contributed by atoms with van der Waals surface area (Å²) in [6, 6.07) is 12.9. The lowest BCUT2D eigenvalue weighted by atomic mass is 10.1. The van der Waals surface area contributed by atoms with Gasteiger partial charge in [0.25, 0.3) is 0 Å². The molecule has 4 rings (SSSR count). The van der Waals surface area contributed by atoms with E-state index in [9.17, 15) is 30.7 Å². The minimum absolute atomic E-state index is 0.394. The number of benzene rings is 3. The second-order valence-corrected chi connectivity index (χ2v) is 8.48. The second kappa shape index (κ2) is 9.50. The molecule has 3 nitrogen and oxygen atoms in total. The van der Waals surface area contributed by atoms with Gasteiger partial charge >= 0.3 is 6.18 Å². The van der Waals surface area contributed by atoms with Gasteiger partial charge in [0.05, 0.1) is 6.21 Å². The highest BCUT2D eigenvalue weighted by molar-refractivity contribution is 6.31. The number of halogens is 8. The average molecular weight is 528 g/mol. The SMILES string of the molecule is Cc1ccc2c(c1)c(/C=N/Nc1c(F)c(F)c(C(F)(F)F)c(F)c1F)c(C)n2Cc1ccccc1Cl. The van der Waals surface area contributed by atoms with Crippen molar-refractivity contribution in [3.63, 3.8) is 0 Å². The predicted molar refractivity (Wildman–Crippen MR) is 124 cm³/mol. The molecule has 0 saturated heterocycles. The molecule has 1 heterocycles. The summed E-state index contributed by atoms with van der Waals surface area (Å²) in [5.41, 5.74) is 1.41. The van der Waals surface area contributed by atoms with E-state index in [1.54, 1.807) is 24.5 Å². The Morgan fingerprint density at radius 1 is 0.944 bits per heavy atom. The Bertz CT molecular complexity index is 1480. The summed E-state index contributed by atoms with van der Waals surface area (Å²) >= 11 is 6.30. The Labute approximate surface area is 205 Å². The number of alkyl halides is 3. The molecule has 0 aliphatic carbocycles. The van der Waals surface area contributed by atoms with E-state index in [4.69, 9.17) is 11.6 Å². The van der Waals surface area contributed by atoms with Gasteiger partial charge in [0.2, 0.25) is 0 Å². The van der Waals surface area contributed by atoms with E-state index < -0.39 is 40.7 Å². The maximum absolute atomic E-state index is 14.2. The Morgan fingerprint density at radius 3 is 2.19 bits per heavy atom. The summed E-state index contributed by atoms with van der Waals surface area (Å²) < 4.78 is 96.6. The van der Waals surface area contributed by atoms with Gasteiger partial charge in [0.15, 0.2) is 23.3 Å². The zero-order valence-electron chi connectivity index (χ0n) is 18.7. The second-order valence-electron chi connectivity index (χ2n) is 8.07. The van der Waals surface area contributed by atoms with Gasteiger partial charge in [-0.15, -0.1) is 0 Å². The number of aryl methyl sites for hydroxylation is 1. The fourth-order valence-electron chi connectivity index (χ4n) is 3.93. The number of nitrogens with one attached hydrogen (secondary N) is 1. The van der Waals surface area contributed by atoms with Crippen molar-refractivity contribution in [2.45, 2.75) is 26.6 Å². The number of anilines is 1. The van der Waals surface area contributed by atoms with E-state index >= 15 is 0 Å². The number of rotatable bonds is 5. The largest absolute Gasteiger partial charge is 0.422 e. The molecule has 36 heavy (non-hydrogen) atoms. The molecule has 0 amide bonds. The van der Waals surface area contributed by atoms with Gasteiger partial charge in [0.1, 0.15) is 11.3 Å². The van der Waals surface area contributed by atoms with Gasteiger partial charge in [-0.05, 0) is 37.6 Å². The van der Waals surface area contributed by atoms with Gasteiger partial charge < -0.3 is 4.57 Å². The molecule has 0 spiro atoms. The van der Waals surface area contributed by atoms with Crippen molar-refractivity contribution in [2.24, 2.45) is 5.10 Å². The average Bonchev–Trinajstić information content (AvgIpc) is 3.05. The van der Waals surface area contributed by atoms with Crippen LogP contribution in [0.1, 0.15) is 27.9 Å². The number of hydrazone groups is 1. The number of aromatic nitrogens is 1. The van der Waals surface area contributed by atoms with Crippen LogP contribution in [-0.2, 0) is 12.7 Å². The summed E-state index contributed by atoms with van der Waals surface area (Å²) in [6.45, 7) is 4.02. The van der Waals surface area contributed by atoms with Crippen LogP contribution < -0.4 is 5.43 Å². The molecule has 188 valence electrons. The van der Waals surface area contributed by atoms with Crippen LogP contribution in [0.5, 0.6) is 0 Å². The van der Waals surface area contributed by atoms with Crippen molar-refractivity contribution in [1.82, 2.24) is 4.57 Å². The molecule has 1 aromatic heterocycles. The maximum atomic E-state index is 14.2. The van der Waals surface area contributed by atoms with Crippen molar-refractivity contribution >= 4 is 34.4 Å². The molecular formula is C25H17ClF7N3. The molecule has 0 atom stereocenters. The maximum Gasteiger partial charge on any atom is 0.422 e. The Morgan fingerprint density at radius 2 is 1.58 bits per heavy atom. The first kappa shape index (κ1) is 25.6. The fourth-order valence-corrected chi connectivity index (χ4v) is 4.12. The van der Waals surface area contributed by atoms with Crippen LogP contribution in [0.25, 0.3) is 10.9 Å². The van der Waals surface area contributed by atoms with Gasteiger partial charge in [0, 0.05) is 33.7 Å². The van der Waals surface area contributed by atoms with Crippen molar-refractivity contribution < 1.29 is 30.7 Å². The molecular weight excluding hydrogens is 511 g/mol. The molecule has 0 saturated carbocycles. The van der Waals surface area contributed by atoms with Crippen LogP contribution in [0.3, 0.4) is 0 Å². The Balaban J connectivity index is 1.76. The summed E-state index contributed by atoms with van der Waals surface area (Å²) in [5, 5.41) is 4.95. The molecule has 1 N–H and O–H groups in total. The standard InChI is InChI=1S/C25H17ClF7N3/c1-12-7-8-18-15(9-12)16(13(2)36(18)11-14-5-3-4-6-17(14)26)10-34-35-24-22(29)20(27)19(25(31,32)33)21(28)23(24)30/h3-10,35H,11H2,1-2H3/b34-10+. The molecule has 0 bridgehead atoms. The summed E-state index contributed by atoms with van der Waals surface area (Å²) in [6.07, 6.45) is -4.46. The Hall–Kier alpha value is -3.53. The number of hydrogen-bond donors (Lipinski definition) is 1. The monoisotopic (exact) mass is 527 g/mol.